The van der Waals surface area contributed by atoms with Crippen molar-refractivity contribution in [2.75, 3.05) is 17.6 Å². The monoisotopic (exact) mass is 344 g/mol. The van der Waals surface area contributed by atoms with Crippen molar-refractivity contribution in [3.8, 4) is 0 Å². The summed E-state index contributed by atoms with van der Waals surface area (Å²) >= 11 is 0. The molecule has 7 nitrogen and oxygen atoms in total. The smallest absolute Gasteiger partial charge is 0.321 e. The third-order valence-corrected chi connectivity index (χ3v) is 5.61. The Balaban J connectivity index is 1.78. The van der Waals surface area contributed by atoms with Gasteiger partial charge in [0, 0.05) is 18.0 Å². The first-order chi connectivity index (χ1) is 10.7. The second kappa shape index (κ2) is 7.17. The van der Waals surface area contributed by atoms with Crippen LogP contribution in [0.15, 0.2) is 4.52 Å². The van der Waals surface area contributed by atoms with E-state index < -0.39 is 10.0 Å². The topological polar surface area (TPSA) is 97.1 Å². The first-order valence-corrected chi connectivity index (χ1v) is 9.93. The van der Waals surface area contributed by atoms with Crippen LogP contribution in [0.3, 0.4) is 0 Å². The molecule has 0 radical (unpaired) electrons. The predicted octanol–water partition coefficient (Wildman–Crippen LogP) is 2.28. The molecule has 0 unspecified atom stereocenters. The van der Waals surface area contributed by atoms with E-state index >= 15 is 0 Å². The molecule has 23 heavy (non-hydrogen) atoms. The molecule has 0 atom stereocenters. The van der Waals surface area contributed by atoms with Crippen LogP contribution in [-0.2, 0) is 15.4 Å². The van der Waals surface area contributed by atoms with Gasteiger partial charge in [-0.05, 0) is 38.5 Å². The summed E-state index contributed by atoms with van der Waals surface area (Å²) in [5.41, 5.74) is -0.127. The molecular formula is C15H28N4O3S. The number of nitrogens with one attached hydrogen (secondary N) is 2. The van der Waals surface area contributed by atoms with Gasteiger partial charge in [0.2, 0.25) is 10.0 Å². The zero-order chi connectivity index (χ0) is 17.1. The van der Waals surface area contributed by atoms with Crippen molar-refractivity contribution < 1.29 is 12.9 Å². The molecule has 2 rings (SSSR count). The lowest BCUT2D eigenvalue weighted by molar-refractivity contribution is 0.329. The Labute approximate surface area is 138 Å². The van der Waals surface area contributed by atoms with Gasteiger partial charge in [0.05, 0.1) is 5.75 Å². The highest BCUT2D eigenvalue weighted by atomic mass is 32.2. The Morgan fingerprint density at radius 3 is 2.39 bits per heavy atom. The normalized spacial score (nSPS) is 23.0. The number of aromatic nitrogens is 2. The van der Waals surface area contributed by atoms with Gasteiger partial charge in [0.15, 0.2) is 5.82 Å². The first kappa shape index (κ1) is 18.2. The quantitative estimate of drug-likeness (QED) is 0.822. The Bertz CT molecular complexity index is 598. The molecular weight excluding hydrogens is 316 g/mol. The number of nitrogens with zero attached hydrogens (tertiary/aromatic N) is 2. The van der Waals surface area contributed by atoms with Crippen molar-refractivity contribution in [3.63, 3.8) is 0 Å². The van der Waals surface area contributed by atoms with Gasteiger partial charge in [0.1, 0.15) is 0 Å². The molecule has 1 heterocycles. The number of sulfonamides is 1. The van der Waals surface area contributed by atoms with E-state index in [1.54, 1.807) is 6.92 Å². The number of hydrogen-bond acceptors (Lipinski definition) is 6. The van der Waals surface area contributed by atoms with E-state index in [1.165, 1.54) is 0 Å². The van der Waals surface area contributed by atoms with Gasteiger partial charge in [0.25, 0.3) is 0 Å². The molecule has 1 aliphatic carbocycles. The largest absolute Gasteiger partial charge is 0.335 e. The summed E-state index contributed by atoms with van der Waals surface area (Å²) in [7, 11) is -3.09. The number of anilines is 1. The third-order valence-electron chi connectivity index (χ3n) is 4.24. The SMILES string of the molecule is CCS(=O)(=O)NC[C@H]1CC[C@H](Nc2nc(C(C)(C)C)no2)CC1. The van der Waals surface area contributed by atoms with Crippen molar-refractivity contribution in [1.82, 2.24) is 14.9 Å². The average molecular weight is 344 g/mol. The lowest BCUT2D eigenvalue weighted by atomic mass is 9.86. The highest BCUT2D eigenvalue weighted by molar-refractivity contribution is 7.89. The fourth-order valence-corrected chi connectivity index (χ4v) is 3.31. The molecule has 1 saturated carbocycles. The second-order valence-electron chi connectivity index (χ2n) is 7.29. The maximum absolute atomic E-state index is 11.5. The summed E-state index contributed by atoms with van der Waals surface area (Å²) in [5.74, 6) is 1.24. The van der Waals surface area contributed by atoms with E-state index in [-0.39, 0.29) is 11.2 Å². The zero-order valence-electron chi connectivity index (χ0n) is 14.4. The minimum Gasteiger partial charge on any atom is -0.335 e. The van der Waals surface area contributed by atoms with E-state index in [0.717, 1.165) is 25.7 Å². The summed E-state index contributed by atoms with van der Waals surface area (Å²) in [6, 6.07) is 0.785. The lowest BCUT2D eigenvalue weighted by Gasteiger charge is -2.28. The molecule has 0 spiro atoms. The van der Waals surface area contributed by atoms with Crippen LogP contribution in [-0.4, -0.2) is 36.9 Å². The Hall–Kier alpha value is -1.15. The van der Waals surface area contributed by atoms with Crippen LogP contribution >= 0.6 is 0 Å². The summed E-state index contributed by atoms with van der Waals surface area (Å²) in [4.78, 5) is 4.39. The average Bonchev–Trinajstić information content (AvgIpc) is 2.95. The van der Waals surface area contributed by atoms with E-state index in [2.05, 4.69) is 20.2 Å². The fraction of sp³-hybridized carbons (Fsp3) is 0.867. The molecule has 0 aliphatic heterocycles. The maximum atomic E-state index is 11.5. The zero-order valence-corrected chi connectivity index (χ0v) is 15.2. The maximum Gasteiger partial charge on any atom is 0.321 e. The van der Waals surface area contributed by atoms with Crippen LogP contribution in [0.5, 0.6) is 0 Å². The van der Waals surface area contributed by atoms with Gasteiger partial charge in [-0.2, -0.15) is 4.98 Å². The van der Waals surface area contributed by atoms with Crippen molar-refractivity contribution in [2.45, 2.75) is 64.8 Å². The van der Waals surface area contributed by atoms with Crippen LogP contribution in [0.1, 0.15) is 59.2 Å². The van der Waals surface area contributed by atoms with E-state index in [0.29, 0.717) is 30.3 Å². The van der Waals surface area contributed by atoms with Gasteiger partial charge in [-0.3, -0.25) is 0 Å². The molecule has 0 saturated heterocycles. The van der Waals surface area contributed by atoms with E-state index in [4.69, 9.17) is 4.52 Å². The Kier molecular flexibility index (Phi) is 5.67. The molecule has 0 aromatic carbocycles. The fourth-order valence-electron chi connectivity index (χ4n) is 2.62. The van der Waals surface area contributed by atoms with Crippen LogP contribution in [0.4, 0.5) is 6.01 Å². The second-order valence-corrected chi connectivity index (χ2v) is 9.38. The van der Waals surface area contributed by atoms with Crippen LogP contribution in [0, 0.1) is 5.92 Å². The standard InChI is InChI=1S/C15H28N4O3S/c1-5-23(20,21)16-10-11-6-8-12(9-7-11)17-14-18-13(19-22-14)15(2,3)4/h11-12,16H,5-10H2,1-4H3,(H,17,18,19)/t11-,12-. The first-order valence-electron chi connectivity index (χ1n) is 8.27. The molecule has 1 aliphatic rings. The van der Waals surface area contributed by atoms with Gasteiger partial charge < -0.3 is 9.84 Å². The van der Waals surface area contributed by atoms with E-state index in [1.807, 2.05) is 20.8 Å². The molecule has 8 heteroatoms. The minimum absolute atomic E-state index is 0.127. The highest BCUT2D eigenvalue weighted by Gasteiger charge is 2.25. The molecule has 1 aromatic heterocycles. The van der Waals surface area contributed by atoms with E-state index in [9.17, 15) is 8.42 Å². The van der Waals surface area contributed by atoms with Crippen LogP contribution < -0.4 is 10.0 Å². The van der Waals surface area contributed by atoms with Crippen molar-refractivity contribution in [3.05, 3.63) is 5.82 Å². The van der Waals surface area contributed by atoms with Gasteiger partial charge >= 0.3 is 6.01 Å². The minimum atomic E-state index is -3.09. The molecule has 1 aromatic rings. The predicted molar refractivity (Wildman–Crippen MR) is 89.8 cm³/mol. The van der Waals surface area contributed by atoms with Gasteiger partial charge in [-0.1, -0.05) is 25.9 Å². The van der Waals surface area contributed by atoms with Crippen molar-refractivity contribution in [2.24, 2.45) is 5.92 Å². The summed E-state index contributed by atoms with van der Waals surface area (Å²) in [6.07, 6.45) is 3.94. The third kappa shape index (κ3) is 5.46. The summed E-state index contributed by atoms with van der Waals surface area (Å²) in [6.45, 7) is 8.33. The number of hydrogen-bond donors (Lipinski definition) is 2. The highest BCUT2D eigenvalue weighted by Crippen LogP contribution is 2.27. The summed E-state index contributed by atoms with van der Waals surface area (Å²) in [5, 5.41) is 7.31. The lowest BCUT2D eigenvalue weighted by Crippen LogP contribution is -2.34. The van der Waals surface area contributed by atoms with Crippen molar-refractivity contribution >= 4 is 16.0 Å². The number of rotatable bonds is 6. The molecule has 132 valence electrons. The Morgan fingerprint density at radius 1 is 1.22 bits per heavy atom. The molecule has 0 amide bonds. The Morgan fingerprint density at radius 2 is 1.87 bits per heavy atom. The molecule has 0 bridgehead atoms. The van der Waals surface area contributed by atoms with Crippen LogP contribution in [0.25, 0.3) is 0 Å². The summed E-state index contributed by atoms with van der Waals surface area (Å²) < 4.78 is 30.9. The van der Waals surface area contributed by atoms with Gasteiger partial charge in [-0.15, -0.1) is 0 Å². The van der Waals surface area contributed by atoms with Crippen LogP contribution in [0.2, 0.25) is 0 Å². The van der Waals surface area contributed by atoms with Crippen molar-refractivity contribution in [1.29, 1.82) is 0 Å². The molecule has 1 fully saturated rings. The molecule has 2 N–H and O–H groups in total. The van der Waals surface area contributed by atoms with Gasteiger partial charge in [-0.25, -0.2) is 13.1 Å².